The summed E-state index contributed by atoms with van der Waals surface area (Å²) in [5.74, 6) is 0.111. The van der Waals surface area contributed by atoms with E-state index in [2.05, 4.69) is 34.3 Å². The van der Waals surface area contributed by atoms with Gasteiger partial charge < -0.3 is 14.2 Å². The van der Waals surface area contributed by atoms with E-state index < -0.39 is 0 Å². The molecule has 0 bridgehead atoms. The van der Waals surface area contributed by atoms with Gasteiger partial charge in [-0.15, -0.1) is 0 Å². The van der Waals surface area contributed by atoms with E-state index in [1.807, 2.05) is 10.2 Å². The molecule has 2 heterocycles. The van der Waals surface area contributed by atoms with Crippen LogP contribution in [0.4, 0.5) is 0 Å². The molecule has 2 aliphatic heterocycles. The largest absolute Gasteiger partial charge is 0.469 e. The van der Waals surface area contributed by atoms with Gasteiger partial charge in [0.15, 0.2) is 0 Å². The molecule has 0 aromatic heterocycles. The highest BCUT2D eigenvalue weighted by Gasteiger charge is 2.56. The van der Waals surface area contributed by atoms with Crippen molar-refractivity contribution in [3.63, 3.8) is 0 Å². The number of esters is 1. The van der Waals surface area contributed by atoms with Gasteiger partial charge in [0.1, 0.15) is 0 Å². The molecule has 0 unspecified atom stereocenters. The van der Waals surface area contributed by atoms with E-state index >= 15 is 0 Å². The smallest absolute Gasteiger partial charge is 0.308 e. The average molecular weight is 352 g/mol. The molecule has 17 heavy (non-hydrogen) atoms. The normalized spacial score (nSPS) is 40.8. The Bertz CT molecular complexity index is 324. The van der Waals surface area contributed by atoms with Gasteiger partial charge in [-0.05, 0) is 10.2 Å². The summed E-state index contributed by atoms with van der Waals surface area (Å²) in [5.41, 5.74) is -0.0717. The molecule has 1 spiro atoms. The molecule has 5 heteroatoms. The average Bonchev–Trinajstić information content (AvgIpc) is 3.06. The number of hydrogen-bond donors (Lipinski definition) is 0. The first-order chi connectivity index (χ1) is 8.11. The van der Waals surface area contributed by atoms with Crippen molar-refractivity contribution in [2.45, 2.75) is 37.6 Å². The minimum Gasteiger partial charge on any atom is -0.469 e. The third-order valence-corrected chi connectivity index (χ3v) is 4.06. The molecule has 0 radical (unpaired) electrons. The van der Waals surface area contributed by atoms with Crippen LogP contribution in [0.25, 0.3) is 0 Å². The zero-order chi connectivity index (χ0) is 12.5. The van der Waals surface area contributed by atoms with Gasteiger partial charge >= 0.3 is 5.97 Å². The van der Waals surface area contributed by atoms with E-state index in [9.17, 15) is 4.79 Å². The van der Waals surface area contributed by atoms with Crippen LogP contribution in [0.5, 0.6) is 0 Å². The van der Waals surface area contributed by atoms with E-state index in [1.54, 1.807) is 0 Å². The summed E-state index contributed by atoms with van der Waals surface area (Å²) in [4.78, 5) is 11.3. The van der Waals surface area contributed by atoms with Crippen LogP contribution in [0.1, 0.15) is 19.8 Å². The summed E-state index contributed by atoms with van der Waals surface area (Å²) < 4.78 is 18.2. The van der Waals surface area contributed by atoms with Crippen LogP contribution in [-0.4, -0.2) is 37.5 Å². The SMILES string of the molecule is COC(=O)C[C@@H]1C[C@@]2(CO2)[C@H](C)[C@@H](/C=C/I)O1. The lowest BCUT2D eigenvalue weighted by atomic mass is 9.81. The molecule has 0 aromatic rings. The molecule has 2 fully saturated rings. The van der Waals surface area contributed by atoms with Crippen LogP contribution < -0.4 is 0 Å². The minimum atomic E-state index is -0.224. The van der Waals surface area contributed by atoms with Gasteiger partial charge in [-0.25, -0.2) is 0 Å². The topological polar surface area (TPSA) is 48.1 Å². The number of hydrogen-bond acceptors (Lipinski definition) is 4. The summed E-state index contributed by atoms with van der Waals surface area (Å²) in [5, 5.41) is 0. The highest BCUT2D eigenvalue weighted by atomic mass is 127. The number of rotatable bonds is 3. The molecule has 2 saturated heterocycles. The Balaban J connectivity index is 2.03. The molecule has 0 N–H and O–H groups in total. The fourth-order valence-corrected chi connectivity index (χ4v) is 2.81. The summed E-state index contributed by atoms with van der Waals surface area (Å²) in [7, 11) is 1.40. The van der Waals surface area contributed by atoms with E-state index in [1.165, 1.54) is 7.11 Å². The van der Waals surface area contributed by atoms with Crippen LogP contribution in [0.2, 0.25) is 0 Å². The van der Waals surface area contributed by atoms with Gasteiger partial charge in [0.05, 0.1) is 37.9 Å². The molecule has 2 aliphatic rings. The third kappa shape index (κ3) is 2.82. The first-order valence-corrected chi connectivity index (χ1v) is 6.99. The number of carbonyl (C=O) groups is 1. The van der Waals surface area contributed by atoms with Gasteiger partial charge in [-0.1, -0.05) is 29.5 Å². The van der Waals surface area contributed by atoms with Gasteiger partial charge in [0, 0.05) is 12.3 Å². The second-order valence-electron chi connectivity index (χ2n) is 4.67. The van der Waals surface area contributed by atoms with Crippen molar-refractivity contribution in [2.75, 3.05) is 13.7 Å². The van der Waals surface area contributed by atoms with Crippen LogP contribution in [0.3, 0.4) is 0 Å². The van der Waals surface area contributed by atoms with Gasteiger partial charge in [0.2, 0.25) is 0 Å². The van der Waals surface area contributed by atoms with Crippen molar-refractivity contribution < 1.29 is 19.0 Å². The zero-order valence-corrected chi connectivity index (χ0v) is 12.2. The second-order valence-corrected chi connectivity index (χ2v) is 5.39. The second kappa shape index (κ2) is 5.24. The lowest BCUT2D eigenvalue weighted by Gasteiger charge is -2.37. The number of epoxide rings is 1. The molecular formula is C12H17IO4. The molecule has 0 aliphatic carbocycles. The highest BCUT2D eigenvalue weighted by Crippen LogP contribution is 2.47. The highest BCUT2D eigenvalue weighted by molar-refractivity contribution is 14.1. The Hall–Kier alpha value is -0.140. The Labute approximate surface area is 115 Å². The van der Waals surface area contributed by atoms with Crippen LogP contribution in [0, 0.1) is 5.92 Å². The van der Waals surface area contributed by atoms with E-state index in [-0.39, 0.29) is 23.8 Å². The number of ether oxygens (including phenoxy) is 3. The van der Waals surface area contributed by atoms with Crippen molar-refractivity contribution in [1.29, 1.82) is 0 Å². The minimum absolute atomic E-state index is 0.0257. The van der Waals surface area contributed by atoms with Crippen LogP contribution in [-0.2, 0) is 19.0 Å². The molecule has 2 rings (SSSR count). The lowest BCUT2D eigenvalue weighted by molar-refractivity contribution is -0.149. The first kappa shape index (κ1) is 13.3. The molecule has 4 nitrogen and oxygen atoms in total. The van der Waals surface area contributed by atoms with E-state index in [0.29, 0.717) is 12.3 Å². The lowest BCUT2D eigenvalue weighted by Crippen LogP contribution is -2.45. The molecule has 0 saturated carbocycles. The van der Waals surface area contributed by atoms with Crippen LogP contribution in [0.15, 0.2) is 10.2 Å². The number of carbonyl (C=O) groups excluding carboxylic acids is 1. The molecule has 0 aromatic carbocycles. The Kier molecular flexibility index (Phi) is 4.10. The maximum Gasteiger partial charge on any atom is 0.308 e. The standard InChI is InChI=1S/C12H17IO4/c1-8-10(3-4-13)17-9(5-11(14)15-2)6-12(8)7-16-12/h3-4,8-10H,5-7H2,1-2H3/b4-3+/t8-,9-,10-,12-/m1/s1. The zero-order valence-electron chi connectivity index (χ0n) is 10.0. The summed E-state index contributed by atoms with van der Waals surface area (Å²) >= 11 is 2.18. The third-order valence-electron chi connectivity index (χ3n) is 3.64. The predicted molar refractivity (Wildman–Crippen MR) is 70.9 cm³/mol. The number of halogens is 1. The molecule has 96 valence electrons. The Morgan fingerprint density at radius 3 is 2.88 bits per heavy atom. The number of methoxy groups -OCH3 is 1. The first-order valence-electron chi connectivity index (χ1n) is 5.74. The van der Waals surface area contributed by atoms with Crippen LogP contribution >= 0.6 is 22.6 Å². The van der Waals surface area contributed by atoms with E-state index in [0.717, 1.165) is 13.0 Å². The fraction of sp³-hybridized carbons (Fsp3) is 0.750. The summed E-state index contributed by atoms with van der Waals surface area (Å²) in [6.07, 6.45) is 3.05. The Morgan fingerprint density at radius 1 is 1.65 bits per heavy atom. The molecular weight excluding hydrogens is 335 g/mol. The van der Waals surface area contributed by atoms with Gasteiger partial charge in [-0.3, -0.25) is 4.79 Å². The summed E-state index contributed by atoms with van der Waals surface area (Å²) in [6.45, 7) is 2.92. The monoisotopic (exact) mass is 352 g/mol. The molecule has 4 atom stereocenters. The maximum absolute atomic E-state index is 11.3. The van der Waals surface area contributed by atoms with Gasteiger partial charge in [0.25, 0.3) is 0 Å². The van der Waals surface area contributed by atoms with Gasteiger partial charge in [-0.2, -0.15) is 0 Å². The quantitative estimate of drug-likeness (QED) is 0.443. The Morgan fingerprint density at radius 2 is 2.35 bits per heavy atom. The van der Waals surface area contributed by atoms with Crippen molar-refractivity contribution in [3.05, 3.63) is 10.2 Å². The fourth-order valence-electron chi connectivity index (χ4n) is 2.41. The summed E-state index contributed by atoms with van der Waals surface area (Å²) in [6, 6.07) is 0. The predicted octanol–water partition coefficient (Wildman–Crippen LogP) is 2.06. The van der Waals surface area contributed by atoms with Crippen molar-refractivity contribution in [3.8, 4) is 0 Å². The van der Waals surface area contributed by atoms with E-state index in [4.69, 9.17) is 9.47 Å². The van der Waals surface area contributed by atoms with Crippen molar-refractivity contribution in [2.24, 2.45) is 5.92 Å². The maximum atomic E-state index is 11.3. The van der Waals surface area contributed by atoms with Crippen molar-refractivity contribution in [1.82, 2.24) is 0 Å². The van der Waals surface area contributed by atoms with Crippen molar-refractivity contribution >= 4 is 28.6 Å². The molecule has 0 amide bonds.